The molecule has 0 atom stereocenters. The molecule has 1 N–H and O–H groups in total. The fraction of sp³-hybridized carbons (Fsp3) is 0.417. The Balaban J connectivity index is 2.13. The lowest BCUT2D eigenvalue weighted by molar-refractivity contribution is -0.118. The van der Waals surface area contributed by atoms with E-state index >= 15 is 0 Å². The van der Waals surface area contributed by atoms with E-state index in [-0.39, 0.29) is 17.2 Å². The number of nitrogens with one attached hydrogen (secondary N) is 1. The van der Waals surface area contributed by atoms with Crippen LogP contribution in [0.1, 0.15) is 18.4 Å². The van der Waals surface area contributed by atoms with Crippen molar-refractivity contribution >= 4 is 17.5 Å². The van der Waals surface area contributed by atoms with Gasteiger partial charge in [-0.05, 0) is 24.5 Å². The van der Waals surface area contributed by atoms with Crippen LogP contribution in [0.5, 0.6) is 0 Å². The molecule has 17 heavy (non-hydrogen) atoms. The van der Waals surface area contributed by atoms with Crippen molar-refractivity contribution < 1.29 is 13.6 Å². The van der Waals surface area contributed by atoms with Gasteiger partial charge in [0.25, 0.3) is 0 Å². The van der Waals surface area contributed by atoms with E-state index in [2.05, 4.69) is 5.32 Å². The van der Waals surface area contributed by atoms with Gasteiger partial charge in [0.15, 0.2) is 0 Å². The summed E-state index contributed by atoms with van der Waals surface area (Å²) < 4.78 is 26.4. The summed E-state index contributed by atoms with van der Waals surface area (Å²) in [5, 5.41) is 2.64. The van der Waals surface area contributed by atoms with Gasteiger partial charge in [0, 0.05) is 18.0 Å². The largest absolute Gasteiger partial charge is 0.354 e. The molecule has 1 fully saturated rings. The predicted octanol–water partition coefficient (Wildman–Crippen LogP) is 2.35. The number of rotatable bonds is 4. The number of benzene rings is 1. The zero-order valence-electron chi connectivity index (χ0n) is 9.10. The molecule has 0 unspecified atom stereocenters. The maximum atomic E-state index is 13.6. The first-order valence-corrected chi connectivity index (χ1v) is 5.89. The third kappa shape index (κ3) is 2.57. The molecule has 0 spiro atoms. The summed E-state index contributed by atoms with van der Waals surface area (Å²) in [6, 6.07) is 3.56. The molecule has 2 rings (SSSR count). The number of carbonyl (C=O) groups excluding carboxylic acids is 1. The summed E-state index contributed by atoms with van der Waals surface area (Å²) in [6.45, 7) is 0.348. The van der Waals surface area contributed by atoms with E-state index in [0.717, 1.165) is 18.9 Å². The molecule has 1 aliphatic rings. The van der Waals surface area contributed by atoms with Crippen molar-refractivity contribution in [1.29, 1.82) is 0 Å². The Morgan fingerprint density at radius 1 is 1.41 bits per heavy atom. The highest BCUT2D eigenvalue weighted by Gasteiger charge is 2.46. The second-order valence-electron chi connectivity index (χ2n) is 4.31. The van der Waals surface area contributed by atoms with Crippen LogP contribution in [0.4, 0.5) is 8.78 Å². The number of carbonyl (C=O) groups is 1. The lowest BCUT2D eigenvalue weighted by Crippen LogP contribution is -2.33. The van der Waals surface area contributed by atoms with Crippen LogP contribution in [-0.2, 0) is 10.2 Å². The van der Waals surface area contributed by atoms with Crippen molar-refractivity contribution in [3.05, 3.63) is 35.4 Å². The number of alkyl halides is 1. The molecule has 1 amide bonds. The van der Waals surface area contributed by atoms with Gasteiger partial charge in [-0.3, -0.25) is 4.79 Å². The molecule has 1 aromatic carbocycles. The first-order chi connectivity index (χ1) is 8.07. The van der Waals surface area contributed by atoms with E-state index in [4.69, 9.17) is 11.6 Å². The standard InChI is InChI=1S/C12H12ClF2NO/c13-6-11(17)16-7-12(3-4-12)9-2-1-8(14)5-10(9)15/h1-2,5H,3-4,6-7H2,(H,16,17). The molecule has 92 valence electrons. The lowest BCUT2D eigenvalue weighted by Gasteiger charge is -2.17. The highest BCUT2D eigenvalue weighted by atomic mass is 35.5. The van der Waals surface area contributed by atoms with Crippen LogP contribution in [0, 0.1) is 11.6 Å². The van der Waals surface area contributed by atoms with Gasteiger partial charge in [0.05, 0.1) is 0 Å². The summed E-state index contributed by atoms with van der Waals surface area (Å²) in [6.07, 6.45) is 1.58. The summed E-state index contributed by atoms with van der Waals surface area (Å²) >= 11 is 5.36. The quantitative estimate of drug-likeness (QED) is 0.827. The zero-order valence-corrected chi connectivity index (χ0v) is 9.86. The molecule has 5 heteroatoms. The molecule has 0 saturated heterocycles. The Morgan fingerprint density at radius 2 is 2.12 bits per heavy atom. The highest BCUT2D eigenvalue weighted by molar-refractivity contribution is 6.27. The van der Waals surface area contributed by atoms with E-state index in [0.29, 0.717) is 12.1 Å². The average Bonchev–Trinajstić information content (AvgIpc) is 3.07. The summed E-state index contributed by atoms with van der Waals surface area (Å²) in [7, 11) is 0. The predicted molar refractivity (Wildman–Crippen MR) is 61.0 cm³/mol. The number of hydrogen-bond acceptors (Lipinski definition) is 1. The Labute approximate surface area is 103 Å². The molecule has 1 aliphatic carbocycles. The molecular weight excluding hydrogens is 248 g/mol. The Bertz CT molecular complexity index is 446. The third-order valence-corrected chi connectivity index (χ3v) is 3.34. The molecule has 2 nitrogen and oxygen atoms in total. The Morgan fingerprint density at radius 3 is 2.65 bits per heavy atom. The van der Waals surface area contributed by atoms with Crippen LogP contribution >= 0.6 is 11.6 Å². The molecule has 0 bridgehead atoms. The fourth-order valence-corrected chi connectivity index (χ4v) is 2.02. The van der Waals surface area contributed by atoms with Crippen molar-refractivity contribution in [2.75, 3.05) is 12.4 Å². The van der Waals surface area contributed by atoms with E-state index in [9.17, 15) is 13.6 Å². The van der Waals surface area contributed by atoms with Gasteiger partial charge in [-0.25, -0.2) is 8.78 Å². The Hall–Kier alpha value is -1.16. The maximum Gasteiger partial charge on any atom is 0.234 e. The summed E-state index contributed by atoms with van der Waals surface area (Å²) in [4.78, 5) is 11.1. The smallest absolute Gasteiger partial charge is 0.234 e. The number of halogens is 3. The van der Waals surface area contributed by atoms with Crippen LogP contribution in [-0.4, -0.2) is 18.3 Å². The van der Waals surface area contributed by atoms with Gasteiger partial charge in [0.1, 0.15) is 17.5 Å². The van der Waals surface area contributed by atoms with Crippen molar-refractivity contribution in [3.63, 3.8) is 0 Å². The second kappa shape index (κ2) is 4.61. The van der Waals surface area contributed by atoms with Gasteiger partial charge in [-0.1, -0.05) is 6.07 Å². The van der Waals surface area contributed by atoms with Crippen LogP contribution in [0.15, 0.2) is 18.2 Å². The molecule has 0 aromatic heterocycles. The van der Waals surface area contributed by atoms with Gasteiger partial charge >= 0.3 is 0 Å². The third-order valence-electron chi connectivity index (χ3n) is 3.10. The number of amides is 1. The normalized spacial score (nSPS) is 16.6. The zero-order chi connectivity index (χ0) is 12.5. The van der Waals surface area contributed by atoms with Crippen LogP contribution in [0.3, 0.4) is 0 Å². The van der Waals surface area contributed by atoms with Crippen LogP contribution in [0.25, 0.3) is 0 Å². The van der Waals surface area contributed by atoms with Crippen LogP contribution in [0.2, 0.25) is 0 Å². The SMILES string of the molecule is O=C(CCl)NCC1(c2ccc(F)cc2F)CC1. The van der Waals surface area contributed by atoms with Gasteiger partial charge in [0.2, 0.25) is 5.91 Å². The fourth-order valence-electron chi connectivity index (χ4n) is 1.93. The summed E-state index contributed by atoms with van der Waals surface area (Å²) in [5.41, 5.74) is 0.0910. The molecule has 0 radical (unpaired) electrons. The Kier molecular flexibility index (Phi) is 3.33. The maximum absolute atomic E-state index is 13.6. The van der Waals surface area contributed by atoms with E-state index in [1.165, 1.54) is 12.1 Å². The monoisotopic (exact) mass is 259 g/mol. The summed E-state index contributed by atoms with van der Waals surface area (Å²) in [5.74, 6) is -1.53. The van der Waals surface area contributed by atoms with E-state index in [1.54, 1.807) is 0 Å². The van der Waals surface area contributed by atoms with Crippen molar-refractivity contribution in [2.24, 2.45) is 0 Å². The van der Waals surface area contributed by atoms with Crippen LogP contribution < -0.4 is 5.32 Å². The molecule has 0 aliphatic heterocycles. The first-order valence-electron chi connectivity index (χ1n) is 5.36. The molecule has 1 aromatic rings. The topological polar surface area (TPSA) is 29.1 Å². The molecule has 0 heterocycles. The van der Waals surface area contributed by atoms with Gasteiger partial charge < -0.3 is 5.32 Å². The lowest BCUT2D eigenvalue weighted by atomic mass is 9.95. The van der Waals surface area contributed by atoms with Crippen molar-refractivity contribution in [3.8, 4) is 0 Å². The van der Waals surface area contributed by atoms with E-state index in [1.807, 2.05) is 0 Å². The minimum absolute atomic E-state index is 0.109. The van der Waals surface area contributed by atoms with Crippen molar-refractivity contribution in [2.45, 2.75) is 18.3 Å². The minimum atomic E-state index is -0.591. The molecular formula is C12H12ClF2NO. The van der Waals surface area contributed by atoms with E-state index < -0.39 is 11.6 Å². The van der Waals surface area contributed by atoms with Crippen molar-refractivity contribution in [1.82, 2.24) is 5.32 Å². The molecule has 1 saturated carbocycles. The second-order valence-corrected chi connectivity index (χ2v) is 4.58. The minimum Gasteiger partial charge on any atom is -0.354 e. The van der Waals surface area contributed by atoms with Gasteiger partial charge in [-0.2, -0.15) is 0 Å². The van der Waals surface area contributed by atoms with Gasteiger partial charge in [-0.15, -0.1) is 11.6 Å². The first kappa shape index (κ1) is 12.3. The highest BCUT2D eigenvalue weighted by Crippen LogP contribution is 2.48. The average molecular weight is 260 g/mol. The number of hydrogen-bond donors (Lipinski definition) is 1.